The molecule has 0 amide bonds. The molecule has 0 saturated heterocycles. The van der Waals surface area contributed by atoms with Crippen LogP contribution < -0.4 is 0 Å². The maximum Gasteiger partial charge on any atom is 8.00 e. The predicted molar refractivity (Wildman–Crippen MR) is 80.9 cm³/mol. The van der Waals surface area contributed by atoms with Crippen molar-refractivity contribution in [2.24, 2.45) is 0 Å². The van der Waals surface area contributed by atoms with Gasteiger partial charge in [0.25, 0.3) is 0 Å². The molecule has 1 rings (SSSR count). The molecule has 5 heteroatoms. The standard InChI is InChI=1S/C5H5.2C3H9P.NO.Os/c1-2-4-5-3-1;2*1-4(2)3;1-2;/h1-5H;2*1-3H3;;/q-1;;;-1;+8/p+2. The summed E-state index contributed by atoms with van der Waals surface area (Å²) < 4.78 is 0. The second-order valence-electron chi connectivity index (χ2n) is 3.96. The average molecular weight is 440 g/mol. The zero-order chi connectivity index (χ0) is 12.7. The second-order valence-corrected chi connectivity index (χ2v) is 9.96. The van der Waals surface area contributed by atoms with E-state index in [4.69, 9.17) is 10.5 Å². The zero-order valence-electron chi connectivity index (χ0n) is 11.1. The van der Waals surface area contributed by atoms with Crippen LogP contribution in [0.15, 0.2) is 30.3 Å². The molecular formula is C11H25NOOsP2+8. The van der Waals surface area contributed by atoms with Crippen LogP contribution in [0, 0.1) is 4.91 Å². The Morgan fingerprint density at radius 3 is 1.06 bits per heavy atom. The van der Waals surface area contributed by atoms with Gasteiger partial charge in [-0.1, -0.05) is 0 Å². The largest absolute Gasteiger partial charge is 8.00 e. The van der Waals surface area contributed by atoms with E-state index in [-0.39, 0.29) is 35.6 Å². The van der Waals surface area contributed by atoms with E-state index in [0.29, 0.717) is 0 Å². The molecule has 0 radical (unpaired) electrons. The van der Waals surface area contributed by atoms with Gasteiger partial charge in [-0.2, -0.15) is 18.2 Å². The molecule has 2 nitrogen and oxygen atoms in total. The molecule has 1 aromatic carbocycles. The first-order valence-electron chi connectivity index (χ1n) is 4.85. The molecule has 0 atom stereocenters. The molecule has 90 valence electrons. The van der Waals surface area contributed by atoms with Crippen molar-refractivity contribution in [3.05, 3.63) is 40.8 Å². The van der Waals surface area contributed by atoms with E-state index in [9.17, 15) is 0 Å². The average Bonchev–Trinajstić information content (AvgIpc) is 2.61. The molecule has 0 bridgehead atoms. The van der Waals surface area contributed by atoms with Gasteiger partial charge in [0.15, 0.2) is 0 Å². The predicted octanol–water partition coefficient (Wildman–Crippen LogP) is 3.91. The van der Waals surface area contributed by atoms with E-state index in [0.717, 1.165) is 0 Å². The Morgan fingerprint density at radius 1 is 0.812 bits per heavy atom. The smallest absolute Gasteiger partial charge is 0.577 e. The molecule has 16 heavy (non-hydrogen) atoms. The van der Waals surface area contributed by atoms with Crippen LogP contribution in [0.25, 0.3) is 5.59 Å². The maximum absolute atomic E-state index is 7.25. The fraction of sp³-hybridized carbons (Fsp3) is 0.545. The van der Waals surface area contributed by atoms with Gasteiger partial charge >= 0.3 is 19.8 Å². The third-order valence-electron chi connectivity index (χ3n) is 0.556. The Bertz CT molecular complexity index is 142. The molecule has 0 saturated carbocycles. The molecular weight excluding hydrogens is 414 g/mol. The normalized spacial score (nSPS) is 7.25. The van der Waals surface area contributed by atoms with Gasteiger partial charge < -0.3 is 10.5 Å². The van der Waals surface area contributed by atoms with E-state index >= 15 is 0 Å². The molecule has 0 unspecified atom stereocenters. The van der Waals surface area contributed by atoms with Gasteiger partial charge in [-0.3, -0.25) is 0 Å². The van der Waals surface area contributed by atoms with Crippen LogP contribution in [0.2, 0.25) is 0 Å². The van der Waals surface area contributed by atoms with Crippen molar-refractivity contribution in [3.8, 4) is 0 Å². The molecule has 0 spiro atoms. The summed E-state index contributed by atoms with van der Waals surface area (Å²) in [5.41, 5.74) is 5.75. The van der Waals surface area contributed by atoms with Crippen LogP contribution in [0.1, 0.15) is 0 Å². The van der Waals surface area contributed by atoms with Crippen LogP contribution in [0.4, 0.5) is 0 Å². The van der Waals surface area contributed by atoms with Crippen LogP contribution in [0.5, 0.6) is 0 Å². The van der Waals surface area contributed by atoms with E-state index in [1.54, 1.807) is 0 Å². The second kappa shape index (κ2) is 24.6. The molecule has 0 aliphatic heterocycles. The van der Waals surface area contributed by atoms with E-state index in [1.807, 2.05) is 30.3 Å². The van der Waals surface area contributed by atoms with Crippen molar-refractivity contribution in [1.82, 2.24) is 0 Å². The van der Waals surface area contributed by atoms with Gasteiger partial charge in [0.1, 0.15) is 0 Å². The molecule has 0 N–H and O–H groups in total. The molecule has 1 aromatic rings. The van der Waals surface area contributed by atoms with Crippen molar-refractivity contribution >= 4 is 15.8 Å². The van der Waals surface area contributed by atoms with Gasteiger partial charge in [-0.15, -0.1) is 0 Å². The van der Waals surface area contributed by atoms with Crippen LogP contribution in [0.3, 0.4) is 0 Å². The first kappa shape index (κ1) is 25.3. The van der Waals surface area contributed by atoms with Crippen molar-refractivity contribution in [2.75, 3.05) is 40.0 Å². The first-order chi connectivity index (χ1) is 6.96. The third kappa shape index (κ3) is 88.1. The van der Waals surface area contributed by atoms with Crippen LogP contribution >= 0.6 is 15.8 Å². The summed E-state index contributed by atoms with van der Waals surface area (Å²) in [7, 11) is 0.241. The molecule has 0 aromatic heterocycles. The quantitative estimate of drug-likeness (QED) is 0.446. The summed E-state index contributed by atoms with van der Waals surface area (Å²) >= 11 is 0. The minimum Gasteiger partial charge on any atom is -0.577 e. The Labute approximate surface area is 116 Å². The van der Waals surface area contributed by atoms with Crippen molar-refractivity contribution < 1.29 is 19.8 Å². The number of hydrogen-bond acceptors (Lipinski definition) is 1. The summed E-state index contributed by atoms with van der Waals surface area (Å²) in [5.74, 6) is 0. The molecule has 0 fully saturated rings. The first-order valence-corrected chi connectivity index (χ1v) is 10.8. The molecule has 0 heterocycles. The molecule has 0 aliphatic rings. The number of hydrogen-bond donors (Lipinski definition) is 0. The van der Waals surface area contributed by atoms with Crippen molar-refractivity contribution in [2.45, 2.75) is 0 Å². The summed E-state index contributed by atoms with van der Waals surface area (Å²) in [5, 5.41) is 0. The van der Waals surface area contributed by atoms with Gasteiger partial charge in [0, 0.05) is 40.0 Å². The van der Waals surface area contributed by atoms with Gasteiger partial charge in [0.05, 0.1) is 0 Å². The Balaban J connectivity index is -0.0000000616. The van der Waals surface area contributed by atoms with Crippen LogP contribution in [-0.4, -0.2) is 40.0 Å². The van der Waals surface area contributed by atoms with Gasteiger partial charge in [-0.25, -0.2) is 12.1 Å². The summed E-state index contributed by atoms with van der Waals surface area (Å²) in [6, 6.07) is 10.0. The number of nitroso groups, excluding NO2 is 1. The third-order valence-corrected chi connectivity index (χ3v) is 0.556. The number of rotatable bonds is 0. The summed E-state index contributed by atoms with van der Waals surface area (Å²) in [6.45, 7) is 13.6. The fourth-order valence-electron chi connectivity index (χ4n) is 0.321. The van der Waals surface area contributed by atoms with Gasteiger partial charge in [-0.05, 0) is 15.8 Å². The minimum atomic E-state index is 0. The van der Waals surface area contributed by atoms with Gasteiger partial charge in [0.2, 0.25) is 0 Å². The maximum atomic E-state index is 7.25. The Morgan fingerprint density at radius 2 is 1.00 bits per heavy atom. The van der Waals surface area contributed by atoms with Crippen molar-refractivity contribution in [3.63, 3.8) is 0 Å². The SMILES string of the molecule is C[PH+](C)C.C[PH+](C)C.[N-]=O.[Os+8].c1cc[cH-]c1. The summed E-state index contributed by atoms with van der Waals surface area (Å²) in [6.07, 6.45) is 0. The monoisotopic (exact) mass is 441 g/mol. The topological polar surface area (TPSA) is 39.4 Å². The Hall–Kier alpha value is 0.446. The van der Waals surface area contributed by atoms with E-state index in [2.05, 4.69) is 40.0 Å². The Kier molecular flexibility index (Phi) is 39.0. The summed E-state index contributed by atoms with van der Waals surface area (Å²) in [4.78, 5) is 7.25. The zero-order valence-corrected chi connectivity index (χ0v) is 15.6. The molecule has 0 aliphatic carbocycles. The number of nitrogens with zero attached hydrogens (tertiary/aromatic N) is 1. The fourth-order valence-corrected chi connectivity index (χ4v) is 0.321. The minimum absolute atomic E-state index is 0. The van der Waals surface area contributed by atoms with E-state index < -0.39 is 0 Å². The van der Waals surface area contributed by atoms with Crippen LogP contribution in [-0.2, 0) is 19.8 Å². The van der Waals surface area contributed by atoms with E-state index in [1.165, 1.54) is 0 Å². The van der Waals surface area contributed by atoms with Crippen molar-refractivity contribution in [1.29, 1.82) is 0 Å².